The van der Waals surface area contributed by atoms with Gasteiger partial charge in [-0.25, -0.2) is 0 Å². The number of rotatable bonds is 17. The van der Waals surface area contributed by atoms with Gasteiger partial charge in [-0.15, -0.1) is 0 Å². The molecule has 2 rings (SSSR count). The van der Waals surface area contributed by atoms with E-state index in [2.05, 4.69) is 35.2 Å². The number of carbonyl (C=O) groups is 2. The number of para-hydroxylation sites is 1. The van der Waals surface area contributed by atoms with E-state index in [1.54, 1.807) is 5.57 Å². The van der Waals surface area contributed by atoms with Crippen LogP contribution in [0.15, 0.2) is 41.7 Å². The quantitative estimate of drug-likeness (QED) is 0.188. The maximum Gasteiger partial charge on any atom is 0.220 e. The maximum absolute atomic E-state index is 12.3. The van der Waals surface area contributed by atoms with Crippen LogP contribution in [0.4, 0.5) is 5.69 Å². The summed E-state index contributed by atoms with van der Waals surface area (Å²) >= 11 is 0. The summed E-state index contributed by atoms with van der Waals surface area (Å²) < 4.78 is 0. The number of aldehydes is 1. The second kappa shape index (κ2) is 16.1. The van der Waals surface area contributed by atoms with Crippen LogP contribution in [-0.2, 0) is 4.79 Å². The number of amides is 1. The van der Waals surface area contributed by atoms with Gasteiger partial charge in [0.1, 0.15) is 0 Å². The zero-order valence-electron chi connectivity index (χ0n) is 20.7. The SMILES string of the molecule is CC/C=C(\CCC(=O)NCCCCCCCCNC=C1CCC1)Nc1c(C)cccc1C=O. The van der Waals surface area contributed by atoms with E-state index in [0.717, 1.165) is 49.2 Å². The zero-order chi connectivity index (χ0) is 23.7. The van der Waals surface area contributed by atoms with Crippen LogP contribution in [0.3, 0.4) is 0 Å². The molecule has 0 unspecified atom stereocenters. The Bertz CT molecular complexity index is 792. The molecule has 5 heteroatoms. The summed E-state index contributed by atoms with van der Waals surface area (Å²) in [6.45, 7) is 5.89. The Morgan fingerprint density at radius 2 is 1.73 bits per heavy atom. The highest BCUT2D eigenvalue weighted by Crippen LogP contribution is 2.24. The monoisotopic (exact) mass is 453 g/mol. The van der Waals surface area contributed by atoms with Crippen molar-refractivity contribution in [1.82, 2.24) is 10.6 Å². The average Bonchev–Trinajstić information content (AvgIpc) is 2.78. The normalized spacial score (nSPS) is 13.3. The first-order chi connectivity index (χ1) is 16.1. The molecule has 1 fully saturated rings. The third kappa shape index (κ3) is 10.7. The largest absolute Gasteiger partial charge is 0.391 e. The van der Waals surface area contributed by atoms with Crippen LogP contribution in [0, 0.1) is 6.92 Å². The van der Waals surface area contributed by atoms with Gasteiger partial charge in [-0.1, -0.05) is 56.4 Å². The molecule has 3 N–H and O–H groups in total. The van der Waals surface area contributed by atoms with Crippen molar-refractivity contribution in [2.24, 2.45) is 0 Å². The fourth-order valence-electron chi connectivity index (χ4n) is 3.95. The molecule has 0 saturated heterocycles. The molecule has 1 saturated carbocycles. The molecule has 0 radical (unpaired) electrons. The number of hydrogen-bond donors (Lipinski definition) is 3. The van der Waals surface area contributed by atoms with E-state index in [-0.39, 0.29) is 5.91 Å². The minimum absolute atomic E-state index is 0.0888. The number of nitrogens with one attached hydrogen (secondary N) is 3. The molecular formula is C28H43N3O2. The number of anilines is 1. The minimum atomic E-state index is 0.0888. The molecule has 0 heterocycles. The maximum atomic E-state index is 12.3. The van der Waals surface area contributed by atoms with E-state index in [0.29, 0.717) is 18.4 Å². The van der Waals surface area contributed by atoms with Crippen LogP contribution in [0.25, 0.3) is 0 Å². The summed E-state index contributed by atoms with van der Waals surface area (Å²) in [5.41, 5.74) is 5.06. The first kappa shape index (κ1) is 26.7. The number of benzene rings is 1. The van der Waals surface area contributed by atoms with Gasteiger partial charge >= 0.3 is 0 Å². The Balaban J connectivity index is 1.53. The van der Waals surface area contributed by atoms with Crippen LogP contribution in [0.2, 0.25) is 0 Å². The molecule has 0 spiro atoms. The summed E-state index contributed by atoms with van der Waals surface area (Å²) in [5, 5.41) is 9.86. The molecule has 1 aromatic rings. The van der Waals surface area contributed by atoms with Gasteiger partial charge in [0.2, 0.25) is 5.91 Å². The highest BCUT2D eigenvalue weighted by atomic mass is 16.1. The lowest BCUT2D eigenvalue weighted by molar-refractivity contribution is -0.121. The van der Waals surface area contributed by atoms with Gasteiger partial charge in [-0.3, -0.25) is 9.59 Å². The van der Waals surface area contributed by atoms with Crippen molar-refractivity contribution in [3.05, 3.63) is 52.9 Å². The molecule has 33 heavy (non-hydrogen) atoms. The summed E-state index contributed by atoms with van der Waals surface area (Å²) in [6, 6.07) is 5.67. The van der Waals surface area contributed by atoms with Crippen LogP contribution in [-0.4, -0.2) is 25.3 Å². The predicted molar refractivity (Wildman–Crippen MR) is 138 cm³/mol. The average molecular weight is 454 g/mol. The lowest BCUT2D eigenvalue weighted by Gasteiger charge is -2.16. The van der Waals surface area contributed by atoms with E-state index < -0.39 is 0 Å². The number of allylic oxidation sites excluding steroid dienone is 3. The number of hydrogen-bond acceptors (Lipinski definition) is 4. The second-order valence-electron chi connectivity index (χ2n) is 9.00. The summed E-state index contributed by atoms with van der Waals surface area (Å²) in [6.07, 6.45) is 18.3. The van der Waals surface area contributed by atoms with Crippen LogP contribution < -0.4 is 16.0 Å². The minimum Gasteiger partial charge on any atom is -0.391 e. The second-order valence-corrected chi connectivity index (χ2v) is 9.00. The van der Waals surface area contributed by atoms with Crippen molar-refractivity contribution >= 4 is 17.9 Å². The van der Waals surface area contributed by atoms with Gasteiger partial charge in [-0.05, 0) is 69.7 Å². The third-order valence-electron chi connectivity index (χ3n) is 6.16. The van der Waals surface area contributed by atoms with Gasteiger partial charge in [0.05, 0.1) is 5.69 Å². The number of unbranched alkanes of at least 4 members (excludes halogenated alkanes) is 5. The van der Waals surface area contributed by atoms with Gasteiger partial charge in [0, 0.05) is 30.8 Å². The zero-order valence-corrected chi connectivity index (χ0v) is 20.7. The third-order valence-corrected chi connectivity index (χ3v) is 6.16. The van der Waals surface area contributed by atoms with Gasteiger partial charge < -0.3 is 16.0 Å². The number of carbonyl (C=O) groups excluding carboxylic acids is 2. The predicted octanol–water partition coefficient (Wildman–Crippen LogP) is 6.41. The van der Waals surface area contributed by atoms with Crippen LogP contribution in [0.1, 0.15) is 99.9 Å². The molecular weight excluding hydrogens is 410 g/mol. The van der Waals surface area contributed by atoms with E-state index in [1.165, 1.54) is 51.4 Å². The first-order valence-corrected chi connectivity index (χ1v) is 12.8. The first-order valence-electron chi connectivity index (χ1n) is 12.8. The Morgan fingerprint density at radius 3 is 2.39 bits per heavy atom. The van der Waals surface area contributed by atoms with E-state index >= 15 is 0 Å². The molecule has 1 aliphatic rings. The topological polar surface area (TPSA) is 70.2 Å². The van der Waals surface area contributed by atoms with E-state index in [1.807, 2.05) is 25.1 Å². The molecule has 0 aliphatic heterocycles. The summed E-state index contributed by atoms with van der Waals surface area (Å²) in [4.78, 5) is 23.6. The fraction of sp³-hybridized carbons (Fsp3) is 0.571. The Labute approximate surface area is 200 Å². The molecule has 1 amide bonds. The lowest BCUT2D eigenvalue weighted by atomic mass is 9.94. The molecule has 1 aromatic carbocycles. The van der Waals surface area contributed by atoms with Crippen molar-refractivity contribution in [3.63, 3.8) is 0 Å². The summed E-state index contributed by atoms with van der Waals surface area (Å²) in [7, 11) is 0. The molecule has 0 aromatic heterocycles. The number of aryl methyl sites for hydroxylation is 1. The standard InChI is InChI=1S/C28H43N3O2/c1-3-12-26(31-28-23(2)13-10-16-25(28)22-32)17-18-27(33)30-20-9-7-5-4-6-8-19-29-21-24-14-11-15-24/h10,12-13,16,21-22,29,31H,3-9,11,14-15,17-20H2,1-2H3,(H,30,33)/b26-12+. The smallest absolute Gasteiger partial charge is 0.220 e. The molecule has 0 atom stereocenters. The van der Waals surface area contributed by atoms with E-state index in [9.17, 15) is 9.59 Å². The molecule has 182 valence electrons. The van der Waals surface area contributed by atoms with Gasteiger partial charge in [0.25, 0.3) is 0 Å². The molecule has 5 nitrogen and oxygen atoms in total. The Kier molecular flexibility index (Phi) is 13.0. The van der Waals surface area contributed by atoms with Crippen molar-refractivity contribution in [2.75, 3.05) is 18.4 Å². The van der Waals surface area contributed by atoms with Gasteiger partial charge in [0.15, 0.2) is 6.29 Å². The van der Waals surface area contributed by atoms with Crippen LogP contribution >= 0.6 is 0 Å². The van der Waals surface area contributed by atoms with Crippen LogP contribution in [0.5, 0.6) is 0 Å². The Hall–Kier alpha value is -2.56. The van der Waals surface area contributed by atoms with Gasteiger partial charge in [-0.2, -0.15) is 0 Å². The van der Waals surface area contributed by atoms with Crippen molar-refractivity contribution in [1.29, 1.82) is 0 Å². The highest BCUT2D eigenvalue weighted by molar-refractivity contribution is 5.86. The molecule has 0 bridgehead atoms. The Morgan fingerprint density at radius 1 is 1.00 bits per heavy atom. The highest BCUT2D eigenvalue weighted by Gasteiger charge is 2.09. The lowest BCUT2D eigenvalue weighted by Crippen LogP contribution is -2.24. The van der Waals surface area contributed by atoms with Crippen molar-refractivity contribution in [3.8, 4) is 0 Å². The van der Waals surface area contributed by atoms with E-state index in [4.69, 9.17) is 0 Å². The fourth-order valence-corrected chi connectivity index (χ4v) is 3.95. The molecule has 1 aliphatic carbocycles. The van der Waals surface area contributed by atoms with Crippen molar-refractivity contribution in [2.45, 2.75) is 90.9 Å². The summed E-state index contributed by atoms with van der Waals surface area (Å²) in [5.74, 6) is 0.0888. The van der Waals surface area contributed by atoms with Crippen molar-refractivity contribution < 1.29 is 9.59 Å².